The van der Waals surface area contributed by atoms with Gasteiger partial charge in [0.05, 0.1) is 0 Å². The summed E-state index contributed by atoms with van der Waals surface area (Å²) >= 11 is 1.69. The Balaban J connectivity index is 1.96. The molecule has 2 aromatic rings. The van der Waals surface area contributed by atoms with Crippen LogP contribution < -0.4 is 5.32 Å². The summed E-state index contributed by atoms with van der Waals surface area (Å²) in [5.74, 6) is -2.79. The van der Waals surface area contributed by atoms with Gasteiger partial charge in [0.15, 0.2) is 17.4 Å². The number of phenolic OH excluding ortho intramolecular Hbond substituents is 1. The number of phenols is 1. The first-order valence-corrected chi connectivity index (χ1v) is 7.20. The van der Waals surface area contributed by atoms with Crippen molar-refractivity contribution in [3.05, 3.63) is 51.7 Å². The first-order valence-electron chi connectivity index (χ1n) is 6.32. The molecule has 2 N–H and O–H groups in total. The van der Waals surface area contributed by atoms with Crippen LogP contribution in [0.25, 0.3) is 0 Å². The van der Waals surface area contributed by atoms with Crippen molar-refractivity contribution < 1.29 is 13.9 Å². The average molecular weight is 297 g/mol. The molecule has 0 saturated carbocycles. The fraction of sp³-hybridized carbons (Fsp3) is 0.333. The highest BCUT2D eigenvalue weighted by atomic mass is 32.1. The Morgan fingerprint density at radius 1 is 1.25 bits per heavy atom. The number of thiophene rings is 1. The van der Waals surface area contributed by atoms with Crippen LogP contribution in [0.5, 0.6) is 5.75 Å². The molecule has 0 atom stereocenters. The third kappa shape index (κ3) is 3.35. The molecule has 0 amide bonds. The van der Waals surface area contributed by atoms with Gasteiger partial charge in [-0.05, 0) is 29.1 Å². The summed E-state index contributed by atoms with van der Waals surface area (Å²) in [6.07, 6.45) is 0. The molecule has 0 spiro atoms. The zero-order valence-corrected chi connectivity index (χ0v) is 12.2. The van der Waals surface area contributed by atoms with Gasteiger partial charge in [-0.15, -0.1) is 11.3 Å². The number of rotatable bonds is 5. The summed E-state index contributed by atoms with van der Waals surface area (Å²) in [7, 11) is 0. The van der Waals surface area contributed by atoms with Crippen LogP contribution in [-0.4, -0.2) is 11.7 Å². The van der Waals surface area contributed by atoms with E-state index in [0.717, 1.165) is 12.1 Å². The van der Waals surface area contributed by atoms with E-state index >= 15 is 0 Å². The Morgan fingerprint density at radius 2 is 1.90 bits per heavy atom. The van der Waals surface area contributed by atoms with Gasteiger partial charge in [-0.3, -0.25) is 0 Å². The van der Waals surface area contributed by atoms with Crippen molar-refractivity contribution in [1.82, 2.24) is 5.32 Å². The smallest absolute Gasteiger partial charge is 0.187 e. The van der Waals surface area contributed by atoms with Crippen molar-refractivity contribution >= 4 is 11.3 Å². The standard InChI is InChI=1S/C15H17F2NOS/c1-15(2,13-4-3-5-20-13)9-18-8-10-6-11(16)14(19)12(17)7-10/h3-7,18-19H,8-9H2,1-2H3. The number of hydrogen-bond donors (Lipinski definition) is 2. The lowest BCUT2D eigenvalue weighted by atomic mass is 9.91. The Labute approximate surface area is 121 Å². The van der Waals surface area contributed by atoms with E-state index < -0.39 is 17.4 Å². The zero-order valence-electron chi connectivity index (χ0n) is 11.4. The molecule has 0 aliphatic rings. The molecule has 0 bridgehead atoms. The van der Waals surface area contributed by atoms with Crippen molar-refractivity contribution in [3.8, 4) is 5.75 Å². The lowest BCUT2D eigenvalue weighted by molar-refractivity contribution is 0.394. The Morgan fingerprint density at radius 3 is 2.45 bits per heavy atom. The van der Waals surface area contributed by atoms with Gasteiger partial charge in [-0.2, -0.15) is 0 Å². The first-order chi connectivity index (χ1) is 9.40. The van der Waals surface area contributed by atoms with E-state index in [1.807, 2.05) is 11.4 Å². The summed E-state index contributed by atoms with van der Waals surface area (Å²) in [5, 5.41) is 14.3. The van der Waals surface area contributed by atoms with E-state index in [2.05, 4.69) is 25.2 Å². The van der Waals surface area contributed by atoms with Gasteiger partial charge in [-0.25, -0.2) is 8.78 Å². The summed E-state index contributed by atoms with van der Waals surface area (Å²) in [4.78, 5) is 1.26. The predicted molar refractivity (Wildman–Crippen MR) is 77.1 cm³/mol. The molecule has 108 valence electrons. The molecule has 0 radical (unpaired) electrons. The Kier molecular flexibility index (Phi) is 4.40. The third-order valence-corrected chi connectivity index (χ3v) is 4.40. The average Bonchev–Trinajstić information content (AvgIpc) is 2.90. The second-order valence-electron chi connectivity index (χ2n) is 5.37. The summed E-state index contributed by atoms with van der Waals surface area (Å²) < 4.78 is 26.4. The van der Waals surface area contributed by atoms with Crippen LogP contribution in [-0.2, 0) is 12.0 Å². The van der Waals surface area contributed by atoms with Gasteiger partial charge in [0, 0.05) is 23.4 Å². The van der Waals surface area contributed by atoms with Crippen molar-refractivity contribution in [2.45, 2.75) is 25.8 Å². The van der Waals surface area contributed by atoms with Crippen molar-refractivity contribution in [2.24, 2.45) is 0 Å². The molecular formula is C15H17F2NOS. The van der Waals surface area contributed by atoms with Crippen LogP contribution in [0.1, 0.15) is 24.3 Å². The molecule has 0 aliphatic heterocycles. The molecule has 0 fully saturated rings. The van der Waals surface area contributed by atoms with Crippen LogP contribution in [0.15, 0.2) is 29.6 Å². The summed E-state index contributed by atoms with van der Waals surface area (Å²) in [6, 6.07) is 6.37. The van der Waals surface area contributed by atoms with Crippen LogP contribution in [0.4, 0.5) is 8.78 Å². The maximum Gasteiger partial charge on any atom is 0.187 e. The van der Waals surface area contributed by atoms with E-state index in [1.54, 1.807) is 11.3 Å². The maximum atomic E-state index is 13.2. The van der Waals surface area contributed by atoms with Crippen LogP contribution in [0.3, 0.4) is 0 Å². The lowest BCUT2D eigenvalue weighted by Crippen LogP contribution is -2.31. The summed E-state index contributed by atoms with van der Waals surface area (Å²) in [5.41, 5.74) is 0.433. The normalized spacial score (nSPS) is 11.8. The quantitative estimate of drug-likeness (QED) is 0.880. The van der Waals surface area contributed by atoms with E-state index in [4.69, 9.17) is 5.11 Å². The van der Waals surface area contributed by atoms with E-state index in [9.17, 15) is 8.78 Å². The summed E-state index contributed by atoms with van der Waals surface area (Å²) in [6.45, 7) is 5.27. The van der Waals surface area contributed by atoms with Crippen molar-refractivity contribution in [2.75, 3.05) is 6.54 Å². The maximum absolute atomic E-state index is 13.2. The highest BCUT2D eigenvalue weighted by molar-refractivity contribution is 7.10. The SMILES string of the molecule is CC(C)(CNCc1cc(F)c(O)c(F)c1)c1cccs1. The van der Waals surface area contributed by atoms with Gasteiger partial charge < -0.3 is 10.4 Å². The molecule has 5 heteroatoms. The minimum atomic E-state index is -0.931. The molecule has 1 aromatic heterocycles. The van der Waals surface area contributed by atoms with Gasteiger partial charge in [0.1, 0.15) is 0 Å². The molecule has 0 saturated heterocycles. The molecule has 2 rings (SSSR count). The Bertz CT molecular complexity index is 559. The molecule has 0 aliphatic carbocycles. The fourth-order valence-corrected chi connectivity index (χ4v) is 2.84. The zero-order chi connectivity index (χ0) is 14.8. The first kappa shape index (κ1) is 14.9. The van der Waals surface area contributed by atoms with E-state index in [-0.39, 0.29) is 5.41 Å². The van der Waals surface area contributed by atoms with Crippen molar-refractivity contribution in [1.29, 1.82) is 0 Å². The molecule has 1 aromatic carbocycles. The van der Waals surface area contributed by atoms with E-state index in [1.165, 1.54) is 4.88 Å². The van der Waals surface area contributed by atoms with Crippen LogP contribution in [0.2, 0.25) is 0 Å². The van der Waals surface area contributed by atoms with Gasteiger partial charge in [-0.1, -0.05) is 19.9 Å². The van der Waals surface area contributed by atoms with Crippen LogP contribution >= 0.6 is 11.3 Å². The van der Waals surface area contributed by atoms with Gasteiger partial charge >= 0.3 is 0 Å². The molecule has 2 nitrogen and oxygen atoms in total. The topological polar surface area (TPSA) is 32.3 Å². The molecule has 0 unspecified atom stereocenters. The largest absolute Gasteiger partial charge is 0.503 e. The highest BCUT2D eigenvalue weighted by Crippen LogP contribution is 2.27. The number of benzene rings is 1. The lowest BCUT2D eigenvalue weighted by Gasteiger charge is -2.23. The predicted octanol–water partition coefficient (Wildman–Crippen LogP) is 3.80. The molecule has 1 heterocycles. The molecular weight excluding hydrogens is 280 g/mol. The molecule has 20 heavy (non-hydrogen) atoms. The number of halogens is 2. The van der Waals surface area contributed by atoms with Gasteiger partial charge in [0.25, 0.3) is 0 Å². The van der Waals surface area contributed by atoms with Gasteiger partial charge in [0.2, 0.25) is 0 Å². The monoisotopic (exact) mass is 297 g/mol. The minimum Gasteiger partial charge on any atom is -0.503 e. The van der Waals surface area contributed by atoms with E-state index in [0.29, 0.717) is 18.7 Å². The second kappa shape index (κ2) is 5.89. The minimum absolute atomic E-state index is 0.0395. The third-order valence-electron chi connectivity index (χ3n) is 3.16. The Hall–Kier alpha value is -1.46. The number of aromatic hydroxyl groups is 1. The van der Waals surface area contributed by atoms with Crippen molar-refractivity contribution in [3.63, 3.8) is 0 Å². The second-order valence-corrected chi connectivity index (χ2v) is 6.32. The number of nitrogens with one attached hydrogen (secondary N) is 1. The van der Waals surface area contributed by atoms with Crippen LogP contribution in [0, 0.1) is 11.6 Å². The fourth-order valence-electron chi connectivity index (χ4n) is 1.99. The number of hydrogen-bond acceptors (Lipinski definition) is 3. The highest BCUT2D eigenvalue weighted by Gasteiger charge is 2.21.